The number of benzene rings is 1. The summed E-state index contributed by atoms with van der Waals surface area (Å²) in [5, 5.41) is 9.52. The van der Waals surface area contributed by atoms with Crippen molar-refractivity contribution in [3.63, 3.8) is 0 Å². The molecular weight excluding hydrogens is 268 g/mol. The van der Waals surface area contributed by atoms with Crippen molar-refractivity contribution in [3.05, 3.63) is 29.3 Å². The Bertz CT molecular complexity index is 480. The molecule has 1 N–H and O–H groups in total. The number of ether oxygens (including phenoxy) is 1. The Labute approximate surface area is 126 Å². The van der Waals surface area contributed by atoms with E-state index in [1.165, 1.54) is 12.1 Å². The van der Waals surface area contributed by atoms with E-state index in [2.05, 4.69) is 6.92 Å². The van der Waals surface area contributed by atoms with Gasteiger partial charge in [0, 0.05) is 12.0 Å². The van der Waals surface area contributed by atoms with Crippen LogP contribution in [0.3, 0.4) is 0 Å². The topological polar surface area (TPSA) is 63.6 Å². The van der Waals surface area contributed by atoms with Crippen LogP contribution < -0.4 is 0 Å². The number of Topliss-reactive ketones (excluding diaryl/α,β-unsaturated/α-hetero) is 1. The first kappa shape index (κ1) is 17.2. The summed E-state index contributed by atoms with van der Waals surface area (Å²) in [5.41, 5.74) is 1.04. The highest BCUT2D eigenvalue weighted by molar-refractivity contribution is 5.98. The van der Waals surface area contributed by atoms with Crippen LogP contribution in [0.15, 0.2) is 18.2 Å². The van der Waals surface area contributed by atoms with Crippen LogP contribution in [0, 0.1) is 0 Å². The number of carbonyl (C=O) groups is 2. The Morgan fingerprint density at radius 2 is 1.90 bits per heavy atom. The molecule has 0 heterocycles. The van der Waals surface area contributed by atoms with E-state index in [-0.39, 0.29) is 23.9 Å². The molecule has 0 amide bonds. The lowest BCUT2D eigenvalue weighted by Crippen LogP contribution is -2.12. The molecule has 0 fully saturated rings. The number of rotatable bonds is 9. The summed E-state index contributed by atoms with van der Waals surface area (Å²) in [7, 11) is 0. The smallest absolute Gasteiger partial charge is 0.310 e. The van der Waals surface area contributed by atoms with Gasteiger partial charge < -0.3 is 9.84 Å². The Kier molecular flexibility index (Phi) is 7.51. The minimum Gasteiger partial charge on any atom is -0.508 e. The largest absolute Gasteiger partial charge is 0.508 e. The molecule has 0 aliphatic heterocycles. The lowest BCUT2D eigenvalue weighted by molar-refractivity contribution is -0.142. The van der Waals surface area contributed by atoms with E-state index in [1.807, 2.05) is 6.92 Å². The van der Waals surface area contributed by atoms with E-state index in [0.717, 1.165) is 25.7 Å². The van der Waals surface area contributed by atoms with E-state index in [1.54, 1.807) is 6.07 Å². The molecule has 0 saturated heterocycles. The maximum Gasteiger partial charge on any atom is 0.310 e. The third-order valence-electron chi connectivity index (χ3n) is 3.22. The van der Waals surface area contributed by atoms with E-state index in [4.69, 9.17) is 4.74 Å². The zero-order chi connectivity index (χ0) is 15.7. The Morgan fingerprint density at radius 3 is 2.57 bits per heavy atom. The van der Waals surface area contributed by atoms with E-state index in [9.17, 15) is 14.7 Å². The number of unbranched alkanes of at least 4 members (excludes halogenated alkanes) is 2. The highest BCUT2D eigenvalue weighted by Crippen LogP contribution is 2.20. The number of carbonyl (C=O) groups excluding carboxylic acids is 2. The summed E-state index contributed by atoms with van der Waals surface area (Å²) in [6.07, 6.45) is 4.17. The number of ketones is 1. The SMILES string of the molecule is CCCCCOC(=O)Cc1ccc(O)cc1C(=O)CCC. The van der Waals surface area contributed by atoms with Crippen molar-refractivity contribution in [2.75, 3.05) is 6.61 Å². The van der Waals surface area contributed by atoms with Crippen molar-refractivity contribution in [1.82, 2.24) is 0 Å². The van der Waals surface area contributed by atoms with Gasteiger partial charge in [-0.3, -0.25) is 9.59 Å². The van der Waals surface area contributed by atoms with E-state index >= 15 is 0 Å². The van der Waals surface area contributed by atoms with Crippen LogP contribution in [0.1, 0.15) is 61.9 Å². The van der Waals surface area contributed by atoms with Gasteiger partial charge in [0.25, 0.3) is 0 Å². The van der Waals surface area contributed by atoms with Crippen molar-refractivity contribution in [1.29, 1.82) is 0 Å². The lowest BCUT2D eigenvalue weighted by Gasteiger charge is -2.09. The molecule has 4 heteroatoms. The quantitative estimate of drug-likeness (QED) is 0.428. The second-order valence-corrected chi connectivity index (χ2v) is 5.12. The number of aromatic hydroxyl groups is 1. The number of phenolic OH excluding ortho intramolecular Hbond substituents is 1. The monoisotopic (exact) mass is 292 g/mol. The highest BCUT2D eigenvalue weighted by atomic mass is 16.5. The first-order valence-electron chi connectivity index (χ1n) is 7.59. The molecule has 1 aromatic carbocycles. The van der Waals surface area contributed by atoms with Gasteiger partial charge in [0.1, 0.15) is 5.75 Å². The molecule has 0 aliphatic carbocycles. The predicted molar refractivity (Wildman–Crippen MR) is 81.5 cm³/mol. The molecule has 0 radical (unpaired) electrons. The molecular formula is C17H24O4. The lowest BCUT2D eigenvalue weighted by atomic mass is 9.98. The maximum absolute atomic E-state index is 12.0. The standard InChI is InChI=1S/C17H24O4/c1-3-5-6-10-21-17(20)11-13-8-9-14(18)12-15(13)16(19)7-4-2/h8-9,12,18H,3-7,10-11H2,1-2H3. The van der Waals surface area contributed by atoms with Crippen molar-refractivity contribution in [3.8, 4) is 5.75 Å². The molecule has 1 rings (SSSR count). The van der Waals surface area contributed by atoms with Crippen LogP contribution in [0.25, 0.3) is 0 Å². The molecule has 0 spiro atoms. The second kappa shape index (κ2) is 9.16. The predicted octanol–water partition coefficient (Wildman–Crippen LogP) is 3.65. The van der Waals surface area contributed by atoms with Gasteiger partial charge in [-0.1, -0.05) is 32.8 Å². The van der Waals surface area contributed by atoms with Crippen LogP contribution in [0.5, 0.6) is 5.75 Å². The summed E-state index contributed by atoms with van der Waals surface area (Å²) in [5.74, 6) is -0.348. The van der Waals surface area contributed by atoms with Gasteiger partial charge in [-0.05, 0) is 30.5 Å². The summed E-state index contributed by atoms with van der Waals surface area (Å²) < 4.78 is 5.16. The van der Waals surface area contributed by atoms with Crippen molar-refractivity contribution < 1.29 is 19.4 Å². The summed E-state index contributed by atoms with van der Waals surface area (Å²) in [6, 6.07) is 4.53. The molecule has 0 aromatic heterocycles. The minimum absolute atomic E-state index is 0.0366. The van der Waals surface area contributed by atoms with E-state index < -0.39 is 0 Å². The van der Waals surface area contributed by atoms with Gasteiger partial charge in [0.15, 0.2) is 5.78 Å². The number of esters is 1. The van der Waals surface area contributed by atoms with Crippen molar-refractivity contribution in [2.45, 2.75) is 52.4 Å². The molecule has 1 aromatic rings. The van der Waals surface area contributed by atoms with Crippen LogP contribution in [-0.2, 0) is 16.0 Å². The van der Waals surface area contributed by atoms with Gasteiger partial charge in [-0.15, -0.1) is 0 Å². The summed E-state index contributed by atoms with van der Waals surface area (Å²) in [6.45, 7) is 4.43. The zero-order valence-corrected chi connectivity index (χ0v) is 12.9. The average molecular weight is 292 g/mol. The fraction of sp³-hybridized carbons (Fsp3) is 0.529. The normalized spacial score (nSPS) is 10.4. The van der Waals surface area contributed by atoms with Gasteiger partial charge in [-0.2, -0.15) is 0 Å². The maximum atomic E-state index is 12.0. The Balaban J connectivity index is 2.69. The zero-order valence-electron chi connectivity index (χ0n) is 12.9. The first-order chi connectivity index (χ1) is 10.1. The first-order valence-corrected chi connectivity index (χ1v) is 7.59. The van der Waals surface area contributed by atoms with Gasteiger partial charge in [-0.25, -0.2) is 0 Å². The fourth-order valence-electron chi connectivity index (χ4n) is 2.08. The highest BCUT2D eigenvalue weighted by Gasteiger charge is 2.15. The Morgan fingerprint density at radius 1 is 1.14 bits per heavy atom. The van der Waals surface area contributed by atoms with Crippen molar-refractivity contribution in [2.24, 2.45) is 0 Å². The molecule has 0 atom stereocenters. The molecule has 0 bridgehead atoms. The molecule has 0 saturated carbocycles. The molecule has 4 nitrogen and oxygen atoms in total. The fourth-order valence-corrected chi connectivity index (χ4v) is 2.08. The van der Waals surface area contributed by atoms with Crippen LogP contribution in [0.2, 0.25) is 0 Å². The third-order valence-corrected chi connectivity index (χ3v) is 3.22. The molecule has 0 aliphatic rings. The number of hydrogen-bond donors (Lipinski definition) is 1. The van der Waals surface area contributed by atoms with Crippen LogP contribution in [0.4, 0.5) is 0 Å². The second-order valence-electron chi connectivity index (χ2n) is 5.12. The summed E-state index contributed by atoms with van der Waals surface area (Å²) in [4.78, 5) is 23.8. The number of hydrogen-bond acceptors (Lipinski definition) is 4. The molecule has 116 valence electrons. The van der Waals surface area contributed by atoms with Crippen molar-refractivity contribution >= 4 is 11.8 Å². The van der Waals surface area contributed by atoms with Gasteiger partial charge >= 0.3 is 5.97 Å². The van der Waals surface area contributed by atoms with Crippen LogP contribution in [-0.4, -0.2) is 23.5 Å². The van der Waals surface area contributed by atoms with Gasteiger partial charge in [0.2, 0.25) is 0 Å². The average Bonchev–Trinajstić information content (AvgIpc) is 2.46. The molecule has 0 unspecified atom stereocenters. The third kappa shape index (κ3) is 5.98. The number of phenols is 1. The summed E-state index contributed by atoms with van der Waals surface area (Å²) >= 11 is 0. The van der Waals surface area contributed by atoms with Gasteiger partial charge in [0.05, 0.1) is 13.0 Å². The van der Waals surface area contributed by atoms with E-state index in [0.29, 0.717) is 24.2 Å². The molecule has 21 heavy (non-hydrogen) atoms. The van der Waals surface area contributed by atoms with Crippen LogP contribution >= 0.6 is 0 Å². The minimum atomic E-state index is -0.331. The Hall–Kier alpha value is -1.84.